The van der Waals surface area contributed by atoms with Gasteiger partial charge in [0.1, 0.15) is 22.8 Å². The van der Waals surface area contributed by atoms with Crippen LogP contribution in [0.3, 0.4) is 0 Å². The number of unbranched alkanes of at least 4 members (excludes halogenated alkanes) is 1. The van der Waals surface area contributed by atoms with Gasteiger partial charge < -0.3 is 36.8 Å². The van der Waals surface area contributed by atoms with Crippen molar-refractivity contribution in [2.45, 2.75) is 12.8 Å². The molecule has 12 nitrogen and oxygen atoms in total. The van der Waals surface area contributed by atoms with E-state index in [1.807, 2.05) is 0 Å². The number of hydrogen-bond acceptors (Lipinski definition) is 5. The Morgan fingerprint density at radius 3 is 1.83 bits per heavy atom. The number of nitrogens with zero attached hydrogens (tertiary/aromatic N) is 1. The van der Waals surface area contributed by atoms with Crippen LogP contribution in [0.5, 0.6) is 0 Å². The predicted octanol–water partition coefficient (Wildman–Crippen LogP) is -0.517. The number of nitrogens with two attached hydrogens (primary N) is 2. The molecule has 0 atom stereocenters. The van der Waals surface area contributed by atoms with Crippen LogP contribution in [-0.2, 0) is 4.74 Å². The van der Waals surface area contributed by atoms with Gasteiger partial charge in [-0.25, -0.2) is 4.79 Å². The van der Waals surface area contributed by atoms with Gasteiger partial charge >= 0.3 is 5.97 Å². The second kappa shape index (κ2) is 10.5. The van der Waals surface area contributed by atoms with Crippen molar-refractivity contribution in [1.82, 2.24) is 20.6 Å². The van der Waals surface area contributed by atoms with Crippen molar-refractivity contribution in [3.8, 4) is 0 Å². The largest absolute Gasteiger partial charge is 0.464 e. The lowest BCUT2D eigenvalue weighted by molar-refractivity contribution is 0.0594. The maximum Gasteiger partial charge on any atom is 0.354 e. The van der Waals surface area contributed by atoms with Gasteiger partial charge in [0.15, 0.2) is 5.96 Å². The highest BCUT2D eigenvalue weighted by Gasteiger charge is 2.13. The van der Waals surface area contributed by atoms with Crippen LogP contribution in [0.1, 0.15) is 54.8 Å². The highest BCUT2D eigenvalue weighted by Crippen LogP contribution is 2.05. The summed E-state index contributed by atoms with van der Waals surface area (Å²) in [4.78, 5) is 55.8. The van der Waals surface area contributed by atoms with Crippen LogP contribution in [0.15, 0.2) is 29.3 Å². The van der Waals surface area contributed by atoms with E-state index in [2.05, 4.69) is 30.3 Å². The molecule has 0 radical (unpaired) electrons. The van der Waals surface area contributed by atoms with Crippen LogP contribution in [0.25, 0.3) is 0 Å². The number of nitrogens with one attached hydrogen (secondary N) is 4. The summed E-state index contributed by atoms with van der Waals surface area (Å²) in [5.41, 5.74) is 11.0. The van der Waals surface area contributed by atoms with Gasteiger partial charge in [-0.05, 0) is 37.1 Å². The predicted molar refractivity (Wildman–Crippen MR) is 107 cm³/mol. The van der Waals surface area contributed by atoms with Gasteiger partial charge in [-0.2, -0.15) is 4.99 Å². The standard InChI is InChI=1S/C18H23N7O5/c1-30-17(29)13-7-6-11(24-13)15(27)22-9-3-2-8-21-14(26)10-4-5-12(23-10)16(28)25-18(19)20/h4-7,23-24H,2-3,8-9H2,1H3,(H,21,26)(H,22,27)(H4,19,20,25,28). The summed E-state index contributed by atoms with van der Waals surface area (Å²) in [5, 5.41) is 5.41. The van der Waals surface area contributed by atoms with Crippen molar-refractivity contribution in [3.63, 3.8) is 0 Å². The number of amides is 3. The molecule has 0 aromatic carbocycles. The minimum atomic E-state index is -0.675. The van der Waals surface area contributed by atoms with Crippen molar-refractivity contribution in [2.24, 2.45) is 16.5 Å². The van der Waals surface area contributed by atoms with E-state index in [-0.39, 0.29) is 40.5 Å². The number of aliphatic imine (C=N–C) groups is 1. The topological polar surface area (TPSA) is 198 Å². The molecule has 0 aliphatic rings. The van der Waals surface area contributed by atoms with Gasteiger partial charge in [-0.1, -0.05) is 0 Å². The minimum absolute atomic E-state index is 0.0935. The molecule has 3 amide bonds. The van der Waals surface area contributed by atoms with E-state index in [1.54, 1.807) is 0 Å². The zero-order chi connectivity index (χ0) is 22.1. The first-order valence-corrected chi connectivity index (χ1v) is 8.98. The minimum Gasteiger partial charge on any atom is -0.464 e. The zero-order valence-corrected chi connectivity index (χ0v) is 16.3. The summed E-state index contributed by atoms with van der Waals surface area (Å²) >= 11 is 0. The van der Waals surface area contributed by atoms with E-state index in [0.717, 1.165) is 0 Å². The summed E-state index contributed by atoms with van der Waals surface area (Å²) in [7, 11) is 1.25. The fourth-order valence-corrected chi connectivity index (χ4v) is 2.43. The molecule has 0 fully saturated rings. The maximum absolute atomic E-state index is 12.1. The molecule has 2 aromatic heterocycles. The summed E-state index contributed by atoms with van der Waals surface area (Å²) in [6.07, 6.45) is 1.24. The molecule has 0 aliphatic carbocycles. The molecule has 30 heavy (non-hydrogen) atoms. The number of methoxy groups -OCH3 is 1. The number of hydrogen-bond donors (Lipinski definition) is 6. The van der Waals surface area contributed by atoms with Gasteiger partial charge in [0, 0.05) is 13.1 Å². The zero-order valence-electron chi connectivity index (χ0n) is 16.3. The summed E-state index contributed by atoms with van der Waals surface area (Å²) in [6.45, 7) is 0.765. The lowest BCUT2D eigenvalue weighted by Crippen LogP contribution is -2.27. The first-order valence-electron chi connectivity index (χ1n) is 8.98. The summed E-state index contributed by atoms with van der Waals surface area (Å²) in [5.74, 6) is -2.33. The van der Waals surface area contributed by atoms with Gasteiger partial charge in [0.25, 0.3) is 17.7 Å². The van der Waals surface area contributed by atoms with Gasteiger partial charge in [-0.15, -0.1) is 0 Å². The molecule has 0 saturated carbocycles. The second-order valence-corrected chi connectivity index (χ2v) is 6.12. The normalized spacial score (nSPS) is 10.2. The van der Waals surface area contributed by atoms with Crippen molar-refractivity contribution in [3.05, 3.63) is 47.0 Å². The van der Waals surface area contributed by atoms with E-state index in [1.165, 1.54) is 31.4 Å². The molecular formula is C18H23N7O5. The maximum atomic E-state index is 12.1. The van der Waals surface area contributed by atoms with Crippen LogP contribution < -0.4 is 22.1 Å². The van der Waals surface area contributed by atoms with E-state index >= 15 is 0 Å². The smallest absolute Gasteiger partial charge is 0.354 e. The van der Waals surface area contributed by atoms with Crippen LogP contribution >= 0.6 is 0 Å². The third-order valence-corrected chi connectivity index (χ3v) is 3.90. The number of rotatable bonds is 9. The average Bonchev–Trinajstić information content (AvgIpc) is 3.39. The lowest BCUT2D eigenvalue weighted by Gasteiger charge is -2.05. The van der Waals surface area contributed by atoms with Crippen LogP contribution in [-0.4, -0.2) is 59.8 Å². The number of carbonyl (C=O) groups excluding carboxylic acids is 4. The first-order chi connectivity index (χ1) is 14.3. The molecule has 0 unspecified atom stereocenters. The molecule has 2 rings (SSSR count). The lowest BCUT2D eigenvalue weighted by atomic mass is 10.3. The Kier molecular flexibility index (Phi) is 7.74. The summed E-state index contributed by atoms with van der Waals surface area (Å²) < 4.78 is 4.56. The van der Waals surface area contributed by atoms with Crippen LogP contribution in [0.4, 0.5) is 0 Å². The molecule has 0 aliphatic heterocycles. The van der Waals surface area contributed by atoms with Crippen molar-refractivity contribution in [2.75, 3.05) is 20.2 Å². The Labute approximate surface area is 171 Å². The number of carbonyl (C=O) groups is 4. The average molecular weight is 417 g/mol. The molecule has 0 bridgehead atoms. The number of aromatic nitrogens is 2. The molecule has 160 valence electrons. The molecule has 0 saturated heterocycles. The van der Waals surface area contributed by atoms with E-state index in [4.69, 9.17) is 11.5 Å². The number of esters is 1. The number of aromatic amines is 2. The van der Waals surface area contributed by atoms with Crippen molar-refractivity contribution < 1.29 is 23.9 Å². The molecule has 12 heteroatoms. The number of guanidine groups is 1. The van der Waals surface area contributed by atoms with Gasteiger partial charge in [-0.3, -0.25) is 14.4 Å². The van der Waals surface area contributed by atoms with E-state index < -0.39 is 11.9 Å². The Morgan fingerprint density at radius 2 is 1.33 bits per heavy atom. The van der Waals surface area contributed by atoms with Gasteiger partial charge in [0.05, 0.1) is 7.11 Å². The van der Waals surface area contributed by atoms with Crippen LogP contribution in [0, 0.1) is 0 Å². The van der Waals surface area contributed by atoms with Crippen LogP contribution in [0.2, 0.25) is 0 Å². The van der Waals surface area contributed by atoms with Crippen molar-refractivity contribution >= 4 is 29.7 Å². The molecule has 2 heterocycles. The molecule has 2 aromatic rings. The fraction of sp³-hybridized carbons (Fsp3) is 0.278. The fourth-order valence-electron chi connectivity index (χ4n) is 2.43. The summed E-state index contributed by atoms with van der Waals surface area (Å²) in [6, 6.07) is 5.81. The second-order valence-electron chi connectivity index (χ2n) is 6.12. The van der Waals surface area contributed by atoms with E-state index in [9.17, 15) is 19.2 Å². The number of H-pyrrole nitrogens is 2. The Bertz CT molecular complexity index is 956. The Hall–Kier alpha value is -4.09. The quantitative estimate of drug-likeness (QED) is 0.136. The third kappa shape index (κ3) is 6.22. The monoisotopic (exact) mass is 417 g/mol. The van der Waals surface area contributed by atoms with E-state index in [0.29, 0.717) is 25.9 Å². The first kappa shape index (κ1) is 22.2. The highest BCUT2D eigenvalue weighted by atomic mass is 16.5. The SMILES string of the molecule is COC(=O)c1ccc(C(=O)NCCCCNC(=O)c2ccc(C(=O)N=C(N)N)[nH]2)[nH]1. The Balaban J connectivity index is 1.67. The number of ether oxygens (including phenoxy) is 1. The molecule has 8 N–H and O–H groups in total. The third-order valence-electron chi connectivity index (χ3n) is 3.90. The Morgan fingerprint density at radius 1 is 0.867 bits per heavy atom. The van der Waals surface area contributed by atoms with Gasteiger partial charge in [0.2, 0.25) is 0 Å². The highest BCUT2D eigenvalue weighted by molar-refractivity contribution is 6.02. The van der Waals surface area contributed by atoms with Crippen molar-refractivity contribution in [1.29, 1.82) is 0 Å². The molecular weight excluding hydrogens is 394 g/mol. The molecule has 0 spiro atoms.